The lowest BCUT2D eigenvalue weighted by Gasteiger charge is -2.29. The Morgan fingerprint density at radius 2 is 1.72 bits per heavy atom. The van der Waals surface area contributed by atoms with Crippen molar-refractivity contribution < 1.29 is 9.13 Å². The number of nitrogens with zero attached hydrogens (tertiary/aromatic N) is 6. The van der Waals surface area contributed by atoms with E-state index in [9.17, 15) is 9.18 Å². The molecule has 2 aromatic carbocycles. The molecule has 7 rings (SSSR count). The third kappa shape index (κ3) is 6.63. The number of pyridine rings is 3. The molecule has 5 heterocycles. The molecular weight excluding hydrogens is 595 g/mol. The van der Waals surface area contributed by atoms with Gasteiger partial charge in [0.25, 0.3) is 5.56 Å². The van der Waals surface area contributed by atoms with Crippen molar-refractivity contribution in [3.8, 4) is 28.9 Å². The van der Waals surface area contributed by atoms with E-state index in [1.54, 1.807) is 53.8 Å². The zero-order valence-electron chi connectivity index (χ0n) is 25.2. The molecule has 0 atom stereocenters. The van der Waals surface area contributed by atoms with Gasteiger partial charge in [0, 0.05) is 73.9 Å². The summed E-state index contributed by atoms with van der Waals surface area (Å²) in [4.78, 5) is 34.1. The number of hydrogen-bond donors (Lipinski definition) is 2. The Kier molecular flexibility index (Phi) is 8.48. The molecule has 10 nitrogen and oxygen atoms in total. The lowest BCUT2D eigenvalue weighted by atomic mass is 10.0. The third-order valence-electron chi connectivity index (χ3n) is 7.84. The minimum Gasteiger partial charge on any atom is -0.404 e. The summed E-state index contributed by atoms with van der Waals surface area (Å²) in [6.07, 6.45) is 11.0. The van der Waals surface area contributed by atoms with Crippen molar-refractivity contribution in [3.05, 3.63) is 131 Å². The van der Waals surface area contributed by atoms with Gasteiger partial charge in [0.05, 0.1) is 12.1 Å². The molecule has 1 fully saturated rings. The lowest BCUT2D eigenvalue weighted by Crippen LogP contribution is -2.43. The predicted octanol–water partition coefficient (Wildman–Crippen LogP) is 4.98. The van der Waals surface area contributed by atoms with Gasteiger partial charge in [0.1, 0.15) is 11.8 Å². The van der Waals surface area contributed by atoms with Gasteiger partial charge in [0.2, 0.25) is 5.95 Å². The fraction of sp³-hybridized carbons (Fsp3) is 0.139. The van der Waals surface area contributed by atoms with Gasteiger partial charge in [-0.25, -0.2) is 9.37 Å². The minimum absolute atomic E-state index is 0.0292. The number of piperazine rings is 1. The minimum atomic E-state index is -0.551. The van der Waals surface area contributed by atoms with Crippen molar-refractivity contribution in [2.75, 3.05) is 36.4 Å². The fourth-order valence-electron chi connectivity index (χ4n) is 5.46. The van der Waals surface area contributed by atoms with Crippen molar-refractivity contribution in [1.29, 1.82) is 0 Å². The highest BCUT2D eigenvalue weighted by atomic mass is 19.1. The van der Waals surface area contributed by atoms with Gasteiger partial charge in [-0.1, -0.05) is 12.1 Å². The molecule has 1 saturated heterocycles. The van der Waals surface area contributed by atoms with Gasteiger partial charge >= 0.3 is 0 Å². The number of nitrogens with one attached hydrogen (secondary N) is 2. The SMILES string of the molecule is O=c1c(C#COc2ccccc2F)cc2cnc(Nc3ccc(N4CCNCC4)cc3)nc2n1Cc1cnccc1-c1ccncc1. The summed E-state index contributed by atoms with van der Waals surface area (Å²) in [5.74, 6) is 2.52. The molecule has 1 aliphatic heterocycles. The van der Waals surface area contributed by atoms with Crippen LogP contribution in [0.25, 0.3) is 22.2 Å². The Morgan fingerprint density at radius 1 is 0.936 bits per heavy atom. The second kappa shape index (κ2) is 13.5. The molecule has 6 aromatic rings. The van der Waals surface area contributed by atoms with Gasteiger partial charge in [0.15, 0.2) is 11.6 Å². The van der Waals surface area contributed by atoms with Crippen molar-refractivity contribution in [2.24, 2.45) is 0 Å². The maximum Gasteiger partial charge on any atom is 0.268 e. The first kappa shape index (κ1) is 29.6. The van der Waals surface area contributed by atoms with E-state index in [0.29, 0.717) is 17.0 Å². The van der Waals surface area contributed by atoms with Gasteiger partial charge in [-0.05, 0) is 83.3 Å². The zero-order valence-corrected chi connectivity index (χ0v) is 25.2. The quantitative estimate of drug-likeness (QED) is 0.238. The average molecular weight is 625 g/mol. The second-order valence-corrected chi connectivity index (χ2v) is 10.9. The zero-order chi connectivity index (χ0) is 32.0. The summed E-state index contributed by atoms with van der Waals surface area (Å²) in [5.41, 5.74) is 4.77. The Morgan fingerprint density at radius 3 is 2.53 bits per heavy atom. The van der Waals surface area contributed by atoms with Gasteiger partial charge in [-0.15, -0.1) is 0 Å². The van der Waals surface area contributed by atoms with Crippen LogP contribution in [0.1, 0.15) is 11.1 Å². The normalized spacial score (nSPS) is 12.7. The molecule has 0 bridgehead atoms. The van der Waals surface area contributed by atoms with E-state index in [1.807, 2.05) is 30.3 Å². The molecule has 232 valence electrons. The van der Waals surface area contributed by atoms with Crippen LogP contribution in [0.4, 0.5) is 21.7 Å². The first-order chi connectivity index (χ1) is 23.1. The first-order valence-corrected chi connectivity index (χ1v) is 15.1. The molecule has 0 spiro atoms. The standard InChI is InChI=1S/C36H29FN8O2/c37-32-3-1-2-4-33(32)47-20-12-26-21-27-23-41-36(42-29-5-7-30(8-6-29)44-18-16-39-17-19-44)43-34(27)45(35(26)46)24-28-22-40-15-11-31(28)25-9-13-38-14-10-25/h1-11,13-15,21-23,39H,16-19,24H2,(H,41,42,43). The maximum atomic E-state index is 14.1. The van der Waals surface area contributed by atoms with Crippen LogP contribution in [0.2, 0.25) is 0 Å². The van der Waals surface area contributed by atoms with Crippen molar-refractivity contribution in [2.45, 2.75) is 6.54 Å². The molecule has 0 saturated carbocycles. The van der Waals surface area contributed by atoms with E-state index in [2.05, 4.69) is 54.6 Å². The third-order valence-corrected chi connectivity index (χ3v) is 7.84. The molecule has 4 aromatic heterocycles. The largest absolute Gasteiger partial charge is 0.404 e. The number of hydrogen-bond acceptors (Lipinski definition) is 9. The summed E-state index contributed by atoms with van der Waals surface area (Å²) >= 11 is 0. The number of para-hydroxylation sites is 1. The number of fused-ring (bicyclic) bond motifs is 1. The summed E-state index contributed by atoms with van der Waals surface area (Å²) in [6, 6.07) is 21.4. The number of rotatable bonds is 7. The molecule has 0 unspecified atom stereocenters. The smallest absolute Gasteiger partial charge is 0.268 e. The Balaban J connectivity index is 1.26. The molecule has 0 amide bonds. The monoisotopic (exact) mass is 624 g/mol. The van der Waals surface area contributed by atoms with Crippen molar-refractivity contribution in [3.63, 3.8) is 0 Å². The fourth-order valence-corrected chi connectivity index (χ4v) is 5.46. The molecule has 1 aliphatic rings. The van der Waals surface area contributed by atoms with E-state index in [1.165, 1.54) is 12.1 Å². The lowest BCUT2D eigenvalue weighted by molar-refractivity contribution is 0.469. The van der Waals surface area contributed by atoms with Crippen LogP contribution >= 0.6 is 0 Å². The number of anilines is 3. The highest BCUT2D eigenvalue weighted by Gasteiger charge is 2.15. The predicted molar refractivity (Wildman–Crippen MR) is 179 cm³/mol. The van der Waals surface area contributed by atoms with E-state index in [4.69, 9.17) is 9.72 Å². The van der Waals surface area contributed by atoms with E-state index in [-0.39, 0.29) is 17.9 Å². The van der Waals surface area contributed by atoms with Gasteiger partial charge in [-0.3, -0.25) is 19.3 Å². The molecule has 11 heteroatoms. The van der Waals surface area contributed by atoms with Crippen LogP contribution in [0.3, 0.4) is 0 Å². The summed E-state index contributed by atoms with van der Waals surface area (Å²) < 4.78 is 21.0. The van der Waals surface area contributed by atoms with Crippen molar-refractivity contribution >= 4 is 28.4 Å². The van der Waals surface area contributed by atoms with Crippen LogP contribution in [0.5, 0.6) is 5.75 Å². The second-order valence-electron chi connectivity index (χ2n) is 10.9. The number of aromatic nitrogens is 5. The summed E-state index contributed by atoms with van der Waals surface area (Å²) in [5, 5.41) is 7.24. The van der Waals surface area contributed by atoms with Crippen molar-refractivity contribution in [1.82, 2.24) is 29.8 Å². The van der Waals surface area contributed by atoms with Gasteiger partial charge in [-0.2, -0.15) is 4.98 Å². The molecular formula is C36H29FN8O2. The van der Waals surface area contributed by atoms with Crippen LogP contribution in [0.15, 0.2) is 109 Å². The molecule has 0 aliphatic carbocycles. The Bertz CT molecular complexity index is 2160. The Hall–Kier alpha value is -6.12. The summed E-state index contributed by atoms with van der Waals surface area (Å²) in [6.45, 7) is 3.99. The highest BCUT2D eigenvalue weighted by molar-refractivity contribution is 5.78. The maximum absolute atomic E-state index is 14.1. The van der Waals surface area contributed by atoms with E-state index in [0.717, 1.165) is 54.2 Å². The Labute approximate surface area is 269 Å². The number of ether oxygens (including phenoxy) is 1. The number of halogens is 1. The van der Waals surface area contributed by atoms with Crippen LogP contribution in [0, 0.1) is 17.8 Å². The number of benzene rings is 2. The summed E-state index contributed by atoms with van der Waals surface area (Å²) in [7, 11) is 0. The van der Waals surface area contributed by atoms with Crippen LogP contribution < -0.4 is 25.8 Å². The molecule has 0 radical (unpaired) electrons. The van der Waals surface area contributed by atoms with E-state index >= 15 is 0 Å². The van der Waals surface area contributed by atoms with E-state index < -0.39 is 11.4 Å². The highest BCUT2D eigenvalue weighted by Crippen LogP contribution is 2.25. The molecule has 47 heavy (non-hydrogen) atoms. The van der Waals surface area contributed by atoms with Crippen LogP contribution in [-0.4, -0.2) is 50.7 Å². The first-order valence-electron chi connectivity index (χ1n) is 15.1. The topological polar surface area (TPSA) is 110 Å². The average Bonchev–Trinajstić information content (AvgIpc) is 3.12. The van der Waals surface area contributed by atoms with Gasteiger partial charge < -0.3 is 20.3 Å². The van der Waals surface area contributed by atoms with Crippen LogP contribution in [-0.2, 0) is 6.54 Å². The molecule has 2 N–H and O–H groups in total.